The molecule has 1 aromatic rings. The number of hydrogen-bond acceptors (Lipinski definition) is 6. The van der Waals surface area contributed by atoms with Crippen molar-refractivity contribution in [1.29, 1.82) is 0 Å². The number of aryl methyl sites for hydroxylation is 1. The number of carbonyl (C=O) groups is 2. The zero-order valence-electron chi connectivity index (χ0n) is 11.4. The maximum atomic E-state index is 11.4. The normalized spacial score (nSPS) is 12.3. The molecule has 0 aliphatic heterocycles. The number of thiazole rings is 1. The lowest BCUT2D eigenvalue weighted by Crippen LogP contribution is -2.30. The number of methoxy groups -OCH3 is 1. The van der Waals surface area contributed by atoms with Gasteiger partial charge in [-0.3, -0.25) is 0 Å². The molecule has 1 heterocycles. The average molecular weight is 286 g/mol. The molecule has 1 atom stereocenters. The van der Waals surface area contributed by atoms with Crippen LogP contribution in [0.4, 0.5) is 5.13 Å². The third kappa shape index (κ3) is 4.20. The molecule has 0 amide bonds. The van der Waals surface area contributed by atoms with Crippen molar-refractivity contribution in [3.63, 3.8) is 0 Å². The van der Waals surface area contributed by atoms with Gasteiger partial charge in [-0.25, -0.2) is 14.6 Å². The molecule has 19 heavy (non-hydrogen) atoms. The molecule has 1 aromatic heterocycles. The predicted molar refractivity (Wildman–Crippen MR) is 72.7 cm³/mol. The van der Waals surface area contributed by atoms with E-state index >= 15 is 0 Å². The van der Waals surface area contributed by atoms with Crippen molar-refractivity contribution in [2.45, 2.75) is 33.2 Å². The highest BCUT2D eigenvalue weighted by Gasteiger charge is 2.22. The number of nitrogens with zero attached hydrogens (tertiary/aromatic N) is 1. The van der Waals surface area contributed by atoms with Crippen molar-refractivity contribution < 1.29 is 19.4 Å². The molecule has 0 saturated heterocycles. The second kappa shape index (κ2) is 6.51. The van der Waals surface area contributed by atoms with Gasteiger partial charge in [0.05, 0.1) is 7.11 Å². The van der Waals surface area contributed by atoms with Gasteiger partial charge in [-0.2, -0.15) is 0 Å². The highest BCUT2D eigenvalue weighted by molar-refractivity contribution is 7.15. The number of rotatable bonds is 6. The van der Waals surface area contributed by atoms with Crippen LogP contribution in [0.15, 0.2) is 0 Å². The molecule has 0 saturated carbocycles. The minimum Gasteiger partial charge on any atom is -0.480 e. The number of aliphatic carboxylic acids is 1. The van der Waals surface area contributed by atoms with Gasteiger partial charge in [0.15, 0.2) is 10.8 Å². The van der Waals surface area contributed by atoms with Gasteiger partial charge in [0.25, 0.3) is 0 Å². The summed E-state index contributed by atoms with van der Waals surface area (Å²) in [5.41, 5.74) is 0.226. The Bertz CT molecular complexity index is 470. The van der Waals surface area contributed by atoms with E-state index in [9.17, 15) is 9.59 Å². The molecule has 0 radical (unpaired) electrons. The summed E-state index contributed by atoms with van der Waals surface area (Å²) in [4.78, 5) is 27.3. The lowest BCUT2D eigenvalue weighted by molar-refractivity contribution is -0.138. The summed E-state index contributed by atoms with van der Waals surface area (Å²) < 4.78 is 4.61. The van der Waals surface area contributed by atoms with E-state index in [1.165, 1.54) is 18.4 Å². The topological polar surface area (TPSA) is 88.5 Å². The second-order valence-electron chi connectivity index (χ2n) is 4.58. The Kier molecular flexibility index (Phi) is 5.29. The Morgan fingerprint density at radius 2 is 2.11 bits per heavy atom. The fourth-order valence-electron chi connectivity index (χ4n) is 1.59. The summed E-state index contributed by atoms with van der Waals surface area (Å²) >= 11 is 1.24. The van der Waals surface area contributed by atoms with Gasteiger partial charge in [0.2, 0.25) is 0 Å². The first-order valence-electron chi connectivity index (χ1n) is 5.90. The Balaban J connectivity index is 2.86. The van der Waals surface area contributed by atoms with Crippen LogP contribution in [0.5, 0.6) is 0 Å². The van der Waals surface area contributed by atoms with Gasteiger partial charge in [0.1, 0.15) is 6.04 Å². The smallest absolute Gasteiger partial charge is 0.357 e. The summed E-state index contributed by atoms with van der Waals surface area (Å²) in [6.45, 7) is 5.64. The van der Waals surface area contributed by atoms with Crippen molar-refractivity contribution in [1.82, 2.24) is 4.98 Å². The van der Waals surface area contributed by atoms with E-state index in [-0.39, 0.29) is 11.6 Å². The standard InChI is InChI=1S/C12H18N2O4S/c1-6(2)5-8(10(15)16)13-12-14-9(7(3)19-12)11(17)18-4/h6,8H,5H2,1-4H3,(H,13,14)(H,15,16)/t8-/m1/s1. The molecule has 1 rings (SSSR count). The quantitative estimate of drug-likeness (QED) is 0.779. The third-order valence-electron chi connectivity index (χ3n) is 2.48. The summed E-state index contributed by atoms with van der Waals surface area (Å²) in [6, 6.07) is -0.712. The molecule has 0 fully saturated rings. The maximum Gasteiger partial charge on any atom is 0.357 e. The lowest BCUT2D eigenvalue weighted by atomic mass is 10.0. The fourth-order valence-corrected chi connectivity index (χ4v) is 2.44. The van der Waals surface area contributed by atoms with Gasteiger partial charge in [0, 0.05) is 4.88 Å². The molecule has 0 bridgehead atoms. The maximum absolute atomic E-state index is 11.4. The average Bonchev–Trinajstić information content (AvgIpc) is 2.67. The van der Waals surface area contributed by atoms with Crippen LogP contribution in [0.1, 0.15) is 35.6 Å². The Morgan fingerprint density at radius 3 is 2.58 bits per heavy atom. The van der Waals surface area contributed by atoms with Crippen LogP contribution < -0.4 is 5.32 Å². The van der Waals surface area contributed by atoms with Crippen LogP contribution in [0.2, 0.25) is 0 Å². The van der Waals surface area contributed by atoms with Crippen LogP contribution in [-0.4, -0.2) is 35.2 Å². The molecule has 6 nitrogen and oxygen atoms in total. The number of esters is 1. The van der Waals surface area contributed by atoms with E-state index < -0.39 is 18.0 Å². The highest BCUT2D eigenvalue weighted by atomic mass is 32.1. The molecule has 7 heteroatoms. The number of carboxylic acids is 1. The first kappa shape index (κ1) is 15.4. The molecule has 0 aliphatic carbocycles. The van der Waals surface area contributed by atoms with Gasteiger partial charge in [-0.05, 0) is 19.3 Å². The number of aromatic nitrogens is 1. The van der Waals surface area contributed by atoms with Gasteiger partial charge < -0.3 is 15.2 Å². The van der Waals surface area contributed by atoms with Crippen molar-refractivity contribution in [3.8, 4) is 0 Å². The van der Waals surface area contributed by atoms with E-state index in [1.54, 1.807) is 6.92 Å². The Hall–Kier alpha value is -1.63. The molecule has 0 aromatic carbocycles. The van der Waals surface area contributed by atoms with Crippen molar-refractivity contribution >= 4 is 28.4 Å². The SMILES string of the molecule is COC(=O)c1nc(N[C@H](CC(C)C)C(=O)O)sc1C. The number of hydrogen-bond donors (Lipinski definition) is 2. The van der Waals surface area contributed by atoms with Gasteiger partial charge in [-0.15, -0.1) is 11.3 Å². The van der Waals surface area contributed by atoms with E-state index in [0.717, 1.165) is 0 Å². The summed E-state index contributed by atoms with van der Waals surface area (Å²) in [5, 5.41) is 12.4. The van der Waals surface area contributed by atoms with Crippen molar-refractivity contribution in [2.75, 3.05) is 12.4 Å². The van der Waals surface area contributed by atoms with Crippen LogP contribution in [-0.2, 0) is 9.53 Å². The number of anilines is 1. The predicted octanol–water partition coefficient (Wildman–Crippen LogP) is 2.15. The molecular weight excluding hydrogens is 268 g/mol. The number of carboxylic acid groups (broad SMARTS) is 1. The Morgan fingerprint density at radius 1 is 1.47 bits per heavy atom. The lowest BCUT2D eigenvalue weighted by Gasteiger charge is -2.15. The van der Waals surface area contributed by atoms with Crippen LogP contribution >= 0.6 is 11.3 Å². The monoisotopic (exact) mass is 286 g/mol. The minimum absolute atomic E-state index is 0.226. The number of ether oxygens (including phenoxy) is 1. The zero-order valence-corrected chi connectivity index (χ0v) is 12.2. The largest absolute Gasteiger partial charge is 0.480 e. The van der Waals surface area contributed by atoms with Crippen molar-refractivity contribution in [3.05, 3.63) is 10.6 Å². The first-order valence-corrected chi connectivity index (χ1v) is 6.71. The minimum atomic E-state index is -0.929. The third-order valence-corrected chi connectivity index (χ3v) is 3.38. The number of nitrogens with one attached hydrogen (secondary N) is 1. The molecule has 2 N–H and O–H groups in total. The molecule has 106 valence electrons. The Labute approximate surface area is 115 Å². The number of carbonyl (C=O) groups excluding carboxylic acids is 1. The second-order valence-corrected chi connectivity index (χ2v) is 5.78. The first-order chi connectivity index (χ1) is 8.85. The highest BCUT2D eigenvalue weighted by Crippen LogP contribution is 2.24. The zero-order chi connectivity index (χ0) is 14.6. The van der Waals surface area contributed by atoms with Gasteiger partial charge in [-0.1, -0.05) is 13.8 Å². The summed E-state index contributed by atoms with van der Waals surface area (Å²) in [5.74, 6) is -1.20. The van der Waals surface area contributed by atoms with E-state index in [4.69, 9.17) is 5.11 Å². The van der Waals surface area contributed by atoms with Crippen LogP contribution in [0.25, 0.3) is 0 Å². The van der Waals surface area contributed by atoms with E-state index in [2.05, 4.69) is 15.0 Å². The van der Waals surface area contributed by atoms with Gasteiger partial charge >= 0.3 is 11.9 Å². The fraction of sp³-hybridized carbons (Fsp3) is 0.583. The van der Waals surface area contributed by atoms with Crippen LogP contribution in [0.3, 0.4) is 0 Å². The summed E-state index contributed by atoms with van der Waals surface area (Å²) in [7, 11) is 1.28. The molecule has 0 aliphatic rings. The van der Waals surface area contributed by atoms with Crippen LogP contribution in [0, 0.1) is 12.8 Å². The van der Waals surface area contributed by atoms with Crippen molar-refractivity contribution in [2.24, 2.45) is 5.92 Å². The van der Waals surface area contributed by atoms with E-state index in [0.29, 0.717) is 16.4 Å². The molecular formula is C12H18N2O4S. The van der Waals surface area contributed by atoms with E-state index in [1.807, 2.05) is 13.8 Å². The molecule has 0 unspecified atom stereocenters. The summed E-state index contributed by atoms with van der Waals surface area (Å²) in [6.07, 6.45) is 0.488. The molecule has 0 spiro atoms.